The molecule has 0 aromatic rings. The molecule has 0 bridgehead atoms. The maximum Gasteiger partial charge on any atom is 0.413 e. The summed E-state index contributed by atoms with van der Waals surface area (Å²) in [6.07, 6.45) is 0.956. The summed E-state index contributed by atoms with van der Waals surface area (Å²) < 4.78 is 16.0. The molecule has 0 saturated carbocycles. The third-order valence-electron chi connectivity index (χ3n) is 3.35. The number of hydrogen-bond acceptors (Lipinski definition) is 5. The molecular weight excluding hydrogens is 286 g/mol. The van der Waals surface area contributed by atoms with Gasteiger partial charge in [-0.25, -0.2) is 9.59 Å². The van der Waals surface area contributed by atoms with Gasteiger partial charge in [-0.2, -0.15) is 0 Å². The van der Waals surface area contributed by atoms with Crippen LogP contribution in [0.3, 0.4) is 0 Å². The van der Waals surface area contributed by atoms with E-state index in [4.69, 9.17) is 14.2 Å². The quantitative estimate of drug-likeness (QED) is 0.579. The van der Waals surface area contributed by atoms with Gasteiger partial charge < -0.3 is 14.2 Å². The van der Waals surface area contributed by atoms with Crippen LogP contribution < -0.4 is 0 Å². The molecule has 0 radical (unpaired) electrons. The van der Waals surface area contributed by atoms with Crippen LogP contribution in [-0.2, 0) is 19.0 Å². The van der Waals surface area contributed by atoms with E-state index in [0.717, 1.165) is 0 Å². The Morgan fingerprint density at radius 1 is 1.27 bits per heavy atom. The highest BCUT2D eigenvalue weighted by Crippen LogP contribution is 2.34. The Hall–Kier alpha value is -1.56. The van der Waals surface area contributed by atoms with Crippen molar-refractivity contribution >= 4 is 12.1 Å². The molecule has 0 spiro atoms. The number of carbonyl (C=O) groups is 2. The summed E-state index contributed by atoms with van der Waals surface area (Å²) in [5.74, 6) is -0.430. The minimum atomic E-state index is -0.820. The first-order chi connectivity index (χ1) is 9.89. The fraction of sp³-hybridized carbons (Fsp3) is 0.750. The number of methoxy groups -OCH3 is 1. The van der Waals surface area contributed by atoms with E-state index < -0.39 is 29.4 Å². The van der Waals surface area contributed by atoms with Crippen molar-refractivity contribution in [2.24, 2.45) is 0 Å². The fourth-order valence-corrected chi connectivity index (χ4v) is 2.50. The topological polar surface area (TPSA) is 65.1 Å². The van der Waals surface area contributed by atoms with Gasteiger partial charge in [-0.05, 0) is 54.5 Å². The van der Waals surface area contributed by atoms with Crippen molar-refractivity contribution in [2.45, 2.75) is 71.9 Å². The van der Waals surface area contributed by atoms with Gasteiger partial charge in [0.05, 0.1) is 19.3 Å². The first kappa shape index (κ1) is 18.5. The van der Waals surface area contributed by atoms with Crippen LogP contribution in [0.2, 0.25) is 0 Å². The summed E-state index contributed by atoms with van der Waals surface area (Å²) >= 11 is 0. The third-order valence-corrected chi connectivity index (χ3v) is 3.35. The van der Waals surface area contributed by atoms with E-state index in [1.54, 1.807) is 26.8 Å². The van der Waals surface area contributed by atoms with Gasteiger partial charge in [0.25, 0.3) is 0 Å². The zero-order chi connectivity index (χ0) is 17.3. The van der Waals surface area contributed by atoms with Crippen molar-refractivity contribution in [3.63, 3.8) is 0 Å². The van der Waals surface area contributed by atoms with Crippen LogP contribution in [0.1, 0.15) is 48.5 Å². The SMILES string of the molecule is COC(=O)/C(C)=C\[C@@H]1[C@@H](C)OC(C)(C)N1C(=O)OC(C)(C)C. The van der Waals surface area contributed by atoms with E-state index >= 15 is 0 Å². The maximum atomic E-state index is 12.5. The molecule has 0 aliphatic carbocycles. The van der Waals surface area contributed by atoms with Gasteiger partial charge in [0.1, 0.15) is 11.3 Å². The van der Waals surface area contributed by atoms with Crippen molar-refractivity contribution in [3.05, 3.63) is 11.6 Å². The van der Waals surface area contributed by atoms with Crippen LogP contribution in [0, 0.1) is 0 Å². The zero-order valence-corrected chi connectivity index (χ0v) is 14.7. The van der Waals surface area contributed by atoms with Crippen LogP contribution in [0.25, 0.3) is 0 Å². The van der Waals surface area contributed by atoms with E-state index in [-0.39, 0.29) is 6.10 Å². The van der Waals surface area contributed by atoms with Gasteiger partial charge in [0.2, 0.25) is 0 Å². The lowest BCUT2D eigenvalue weighted by Gasteiger charge is -2.34. The Balaban J connectivity index is 3.12. The summed E-state index contributed by atoms with van der Waals surface area (Å²) in [5, 5.41) is 0. The summed E-state index contributed by atoms with van der Waals surface area (Å²) in [6, 6.07) is -0.399. The predicted octanol–water partition coefficient (Wildman–Crippen LogP) is 2.87. The normalized spacial score (nSPS) is 25.1. The highest BCUT2D eigenvalue weighted by molar-refractivity contribution is 5.87. The van der Waals surface area contributed by atoms with Gasteiger partial charge in [-0.1, -0.05) is 0 Å². The second-order valence-corrected chi connectivity index (χ2v) is 6.95. The Labute approximate surface area is 132 Å². The Morgan fingerprint density at radius 3 is 2.27 bits per heavy atom. The van der Waals surface area contributed by atoms with E-state index in [1.807, 2.05) is 27.7 Å². The third kappa shape index (κ3) is 4.22. The Bertz CT molecular complexity index is 475. The van der Waals surface area contributed by atoms with Crippen molar-refractivity contribution in [1.29, 1.82) is 0 Å². The molecule has 0 N–H and O–H groups in total. The highest BCUT2D eigenvalue weighted by atomic mass is 16.6. The number of amides is 1. The summed E-state index contributed by atoms with van der Waals surface area (Å²) in [4.78, 5) is 25.7. The molecule has 1 heterocycles. The maximum absolute atomic E-state index is 12.5. The van der Waals surface area contributed by atoms with E-state index in [0.29, 0.717) is 5.57 Å². The van der Waals surface area contributed by atoms with Gasteiger partial charge >= 0.3 is 12.1 Å². The monoisotopic (exact) mass is 313 g/mol. The Morgan fingerprint density at radius 2 is 1.82 bits per heavy atom. The van der Waals surface area contributed by atoms with E-state index in [2.05, 4.69) is 0 Å². The number of ether oxygens (including phenoxy) is 3. The summed E-state index contributed by atoms with van der Waals surface area (Å²) in [6.45, 7) is 12.5. The van der Waals surface area contributed by atoms with Crippen LogP contribution in [0.15, 0.2) is 11.6 Å². The lowest BCUT2D eigenvalue weighted by Crippen LogP contribution is -2.49. The predicted molar refractivity (Wildman–Crippen MR) is 82.3 cm³/mol. The molecular formula is C16H27NO5. The number of rotatable bonds is 2. The van der Waals surface area contributed by atoms with Crippen molar-refractivity contribution in [3.8, 4) is 0 Å². The molecule has 6 nitrogen and oxygen atoms in total. The second kappa shape index (κ2) is 6.28. The van der Waals surface area contributed by atoms with Crippen molar-refractivity contribution in [2.75, 3.05) is 7.11 Å². The number of nitrogens with zero attached hydrogens (tertiary/aromatic N) is 1. The lowest BCUT2D eigenvalue weighted by atomic mass is 10.1. The molecule has 126 valence electrons. The summed E-state index contributed by atoms with van der Waals surface area (Å²) in [7, 11) is 1.32. The molecule has 1 aliphatic heterocycles. The largest absolute Gasteiger partial charge is 0.466 e. The van der Waals surface area contributed by atoms with E-state index in [1.165, 1.54) is 12.0 Å². The summed E-state index contributed by atoms with van der Waals surface area (Å²) in [5.41, 5.74) is -1.00. The number of esters is 1. The lowest BCUT2D eigenvalue weighted by molar-refractivity contribution is -0.136. The van der Waals surface area contributed by atoms with Gasteiger partial charge in [-0.15, -0.1) is 0 Å². The molecule has 1 amide bonds. The fourth-order valence-electron chi connectivity index (χ4n) is 2.50. The van der Waals surface area contributed by atoms with Crippen molar-refractivity contribution in [1.82, 2.24) is 4.90 Å². The standard InChI is InChI=1S/C16H27NO5/c1-10(13(18)20-8)9-12-11(2)21-16(6,7)17(12)14(19)22-15(3,4)5/h9,11-12H,1-8H3/b10-9-/t11-,12-/m1/s1. The smallest absolute Gasteiger partial charge is 0.413 e. The number of carbonyl (C=O) groups excluding carboxylic acids is 2. The minimum absolute atomic E-state index is 0.262. The molecule has 22 heavy (non-hydrogen) atoms. The van der Waals surface area contributed by atoms with Gasteiger partial charge in [0, 0.05) is 5.57 Å². The average Bonchev–Trinajstić information content (AvgIpc) is 2.55. The molecule has 1 aliphatic rings. The van der Waals surface area contributed by atoms with Crippen LogP contribution in [-0.4, -0.2) is 47.5 Å². The molecule has 6 heteroatoms. The number of hydrogen-bond donors (Lipinski definition) is 0. The van der Waals surface area contributed by atoms with Crippen LogP contribution in [0.5, 0.6) is 0 Å². The molecule has 0 unspecified atom stereocenters. The highest BCUT2D eigenvalue weighted by Gasteiger charge is 2.48. The first-order valence-electron chi connectivity index (χ1n) is 7.36. The average molecular weight is 313 g/mol. The van der Waals surface area contributed by atoms with Crippen molar-refractivity contribution < 1.29 is 23.8 Å². The van der Waals surface area contributed by atoms with Crippen LogP contribution in [0.4, 0.5) is 4.79 Å². The molecule has 1 saturated heterocycles. The van der Waals surface area contributed by atoms with Crippen LogP contribution >= 0.6 is 0 Å². The van der Waals surface area contributed by atoms with E-state index in [9.17, 15) is 9.59 Å². The minimum Gasteiger partial charge on any atom is -0.466 e. The molecule has 0 aromatic carbocycles. The second-order valence-electron chi connectivity index (χ2n) is 6.95. The van der Waals surface area contributed by atoms with Gasteiger partial charge in [-0.3, -0.25) is 4.90 Å². The van der Waals surface area contributed by atoms with Gasteiger partial charge in [0.15, 0.2) is 0 Å². The molecule has 1 fully saturated rings. The molecule has 1 rings (SSSR count). The molecule has 2 atom stereocenters. The zero-order valence-electron chi connectivity index (χ0n) is 14.7. The molecule has 0 aromatic heterocycles. The Kier molecular flexibility index (Phi) is 5.28. The first-order valence-corrected chi connectivity index (χ1v) is 7.36.